The molecule has 0 amide bonds. The van der Waals surface area contributed by atoms with E-state index in [-0.39, 0.29) is 0 Å². The average molecular weight is 303 g/mol. The van der Waals surface area contributed by atoms with Gasteiger partial charge in [0.2, 0.25) is 0 Å². The minimum atomic E-state index is 0.808. The molecule has 0 atom stereocenters. The predicted molar refractivity (Wildman–Crippen MR) is 76.1 cm³/mol. The molecule has 4 nitrogen and oxygen atoms in total. The van der Waals surface area contributed by atoms with Crippen LogP contribution in [0.25, 0.3) is 11.0 Å². The van der Waals surface area contributed by atoms with Crippen molar-refractivity contribution in [3.8, 4) is 0 Å². The quantitative estimate of drug-likeness (QED) is 0.757. The zero-order chi connectivity index (χ0) is 12.5. The lowest BCUT2D eigenvalue weighted by Gasteiger charge is -2.06. The normalized spacial score (nSPS) is 10.8. The highest BCUT2D eigenvalue weighted by atomic mass is 79.9. The third-order valence-electron chi connectivity index (χ3n) is 2.65. The molecule has 3 rings (SSSR count). The van der Waals surface area contributed by atoms with E-state index in [1.54, 1.807) is 6.33 Å². The molecular weight excluding hydrogens is 292 g/mol. The first kappa shape index (κ1) is 11.2. The van der Waals surface area contributed by atoms with Crippen LogP contribution < -0.4 is 5.32 Å². The summed E-state index contributed by atoms with van der Waals surface area (Å²) in [5, 5.41) is 4.30. The highest BCUT2D eigenvalue weighted by molar-refractivity contribution is 9.10. The van der Waals surface area contributed by atoms with Crippen LogP contribution in [0.1, 0.15) is 5.69 Å². The van der Waals surface area contributed by atoms with Gasteiger partial charge >= 0.3 is 0 Å². The Kier molecular flexibility index (Phi) is 2.76. The first-order valence-electron chi connectivity index (χ1n) is 5.55. The zero-order valence-corrected chi connectivity index (χ0v) is 11.3. The van der Waals surface area contributed by atoms with Crippen LogP contribution in [0.5, 0.6) is 0 Å². The van der Waals surface area contributed by atoms with E-state index in [4.69, 9.17) is 0 Å². The third kappa shape index (κ3) is 2.09. The van der Waals surface area contributed by atoms with E-state index in [9.17, 15) is 0 Å². The first-order valence-corrected chi connectivity index (χ1v) is 6.34. The summed E-state index contributed by atoms with van der Waals surface area (Å²) in [4.78, 5) is 11.7. The van der Waals surface area contributed by atoms with Crippen molar-refractivity contribution in [2.45, 2.75) is 6.92 Å². The number of aromatic amines is 1. The number of hydrogen-bond donors (Lipinski definition) is 2. The minimum absolute atomic E-state index is 0.808. The minimum Gasteiger partial charge on any atom is -0.343 e. The van der Waals surface area contributed by atoms with E-state index in [1.165, 1.54) is 0 Å². The van der Waals surface area contributed by atoms with Crippen LogP contribution in [0.15, 0.2) is 41.1 Å². The number of nitrogens with zero attached hydrogens (tertiary/aromatic N) is 2. The fourth-order valence-electron chi connectivity index (χ4n) is 1.87. The Bertz CT molecular complexity index is 705. The van der Waals surface area contributed by atoms with Crippen LogP contribution in [0, 0.1) is 6.92 Å². The monoisotopic (exact) mass is 302 g/mol. The molecule has 2 heterocycles. The van der Waals surface area contributed by atoms with Gasteiger partial charge in [0.1, 0.15) is 17.8 Å². The van der Waals surface area contributed by atoms with E-state index >= 15 is 0 Å². The second-order valence-corrected chi connectivity index (χ2v) is 4.99. The summed E-state index contributed by atoms with van der Waals surface area (Å²) in [6.45, 7) is 2.00. The highest BCUT2D eigenvalue weighted by Gasteiger charge is 2.06. The van der Waals surface area contributed by atoms with Crippen LogP contribution >= 0.6 is 15.9 Å². The number of anilines is 2. The maximum atomic E-state index is 4.29. The lowest BCUT2D eigenvalue weighted by Crippen LogP contribution is -1.94. The summed E-state index contributed by atoms with van der Waals surface area (Å²) >= 11 is 3.45. The number of fused-ring (bicyclic) bond motifs is 1. The second kappa shape index (κ2) is 4.42. The highest BCUT2D eigenvalue weighted by Crippen LogP contribution is 2.24. The van der Waals surface area contributed by atoms with Gasteiger partial charge in [-0.25, -0.2) is 9.97 Å². The van der Waals surface area contributed by atoms with Gasteiger partial charge in [0.05, 0.1) is 5.39 Å². The molecule has 3 aromatic rings. The van der Waals surface area contributed by atoms with Crippen molar-refractivity contribution in [3.63, 3.8) is 0 Å². The van der Waals surface area contributed by atoms with Gasteiger partial charge in [-0.2, -0.15) is 0 Å². The molecule has 5 heteroatoms. The summed E-state index contributed by atoms with van der Waals surface area (Å²) in [5.41, 5.74) is 2.91. The molecule has 2 N–H and O–H groups in total. The number of hydrogen-bond acceptors (Lipinski definition) is 3. The Balaban J connectivity index is 2.04. The molecule has 0 aliphatic rings. The van der Waals surface area contributed by atoms with Crippen LogP contribution in [0.3, 0.4) is 0 Å². The SMILES string of the molecule is Cc1cc2c(Nc3cccc(Br)c3)ncnc2[nH]1. The molecule has 18 heavy (non-hydrogen) atoms. The third-order valence-corrected chi connectivity index (χ3v) is 3.14. The lowest BCUT2D eigenvalue weighted by atomic mass is 10.3. The maximum Gasteiger partial charge on any atom is 0.143 e. The summed E-state index contributed by atoms with van der Waals surface area (Å²) < 4.78 is 1.03. The van der Waals surface area contributed by atoms with Gasteiger partial charge in [-0.15, -0.1) is 0 Å². The molecule has 0 radical (unpaired) electrons. The molecule has 1 aromatic carbocycles. The Labute approximate surface area is 113 Å². The summed E-state index contributed by atoms with van der Waals surface area (Å²) in [5.74, 6) is 0.808. The van der Waals surface area contributed by atoms with E-state index < -0.39 is 0 Å². The van der Waals surface area contributed by atoms with Gasteiger partial charge in [-0.3, -0.25) is 0 Å². The molecule has 0 aliphatic heterocycles. The summed E-state index contributed by atoms with van der Waals surface area (Å²) in [7, 11) is 0. The molecule has 0 aliphatic carbocycles. The summed E-state index contributed by atoms with van der Waals surface area (Å²) in [6.07, 6.45) is 1.55. The molecule has 0 fully saturated rings. The fourth-order valence-corrected chi connectivity index (χ4v) is 2.27. The van der Waals surface area contributed by atoms with Gasteiger partial charge in [-0.1, -0.05) is 22.0 Å². The van der Waals surface area contributed by atoms with Crippen LogP contribution in [-0.2, 0) is 0 Å². The van der Waals surface area contributed by atoms with Crippen LogP contribution in [0.4, 0.5) is 11.5 Å². The van der Waals surface area contributed by atoms with E-state index in [2.05, 4.69) is 36.2 Å². The Morgan fingerprint density at radius 3 is 2.94 bits per heavy atom. The second-order valence-electron chi connectivity index (χ2n) is 4.07. The molecule has 2 aromatic heterocycles. The van der Waals surface area contributed by atoms with Gasteiger partial charge in [0.15, 0.2) is 0 Å². The van der Waals surface area contributed by atoms with E-state index in [1.807, 2.05) is 37.3 Å². The first-order chi connectivity index (χ1) is 8.72. The van der Waals surface area contributed by atoms with Crippen molar-refractivity contribution in [3.05, 3.63) is 46.8 Å². The van der Waals surface area contributed by atoms with Gasteiger partial charge in [0.25, 0.3) is 0 Å². The van der Waals surface area contributed by atoms with E-state index in [0.29, 0.717) is 0 Å². The average Bonchev–Trinajstić information content (AvgIpc) is 2.71. The Hall–Kier alpha value is -1.88. The molecule has 0 saturated heterocycles. The van der Waals surface area contributed by atoms with Crippen molar-refractivity contribution in [1.82, 2.24) is 15.0 Å². The Morgan fingerprint density at radius 1 is 1.22 bits per heavy atom. The van der Waals surface area contributed by atoms with Crippen molar-refractivity contribution in [1.29, 1.82) is 0 Å². The molecule has 0 bridgehead atoms. The predicted octanol–water partition coefficient (Wildman–Crippen LogP) is 3.77. The van der Waals surface area contributed by atoms with Crippen LogP contribution in [0.2, 0.25) is 0 Å². The number of aryl methyl sites for hydroxylation is 1. The fraction of sp³-hybridized carbons (Fsp3) is 0.0769. The van der Waals surface area contributed by atoms with Crippen molar-refractivity contribution in [2.24, 2.45) is 0 Å². The zero-order valence-electron chi connectivity index (χ0n) is 9.74. The number of halogens is 1. The van der Waals surface area contributed by atoms with Gasteiger partial charge < -0.3 is 10.3 Å². The summed E-state index contributed by atoms with van der Waals surface area (Å²) in [6, 6.07) is 10.0. The van der Waals surface area contributed by atoms with Crippen molar-refractivity contribution < 1.29 is 0 Å². The molecule has 0 unspecified atom stereocenters. The number of H-pyrrole nitrogens is 1. The van der Waals surface area contributed by atoms with Crippen molar-refractivity contribution >= 4 is 38.5 Å². The van der Waals surface area contributed by atoms with Crippen molar-refractivity contribution in [2.75, 3.05) is 5.32 Å². The van der Waals surface area contributed by atoms with Gasteiger partial charge in [0, 0.05) is 15.9 Å². The van der Waals surface area contributed by atoms with Gasteiger partial charge in [-0.05, 0) is 31.2 Å². The number of nitrogens with one attached hydrogen (secondary N) is 2. The maximum absolute atomic E-state index is 4.29. The molecule has 0 saturated carbocycles. The lowest BCUT2D eigenvalue weighted by molar-refractivity contribution is 1.18. The molecule has 90 valence electrons. The molecular formula is C13H11BrN4. The van der Waals surface area contributed by atoms with Crippen LogP contribution in [-0.4, -0.2) is 15.0 Å². The largest absolute Gasteiger partial charge is 0.343 e. The number of rotatable bonds is 2. The number of aromatic nitrogens is 3. The smallest absolute Gasteiger partial charge is 0.143 e. The Morgan fingerprint density at radius 2 is 2.11 bits per heavy atom. The standard InChI is InChI=1S/C13H11BrN4/c1-8-5-11-12(17-8)15-7-16-13(11)18-10-4-2-3-9(14)6-10/h2-7H,1H3,(H2,15,16,17,18). The van der Waals surface area contributed by atoms with E-state index in [0.717, 1.165) is 32.7 Å². The molecule has 0 spiro atoms. The number of benzene rings is 1. The topological polar surface area (TPSA) is 53.6 Å².